The average molecular weight is 717 g/mol. The Morgan fingerprint density at radius 2 is 1.08 bits per heavy atom. The van der Waals surface area contributed by atoms with Crippen molar-refractivity contribution in [1.82, 2.24) is 0 Å². The summed E-state index contributed by atoms with van der Waals surface area (Å²) in [5, 5.41) is 0. The molecule has 254 valence electrons. The lowest BCUT2D eigenvalue weighted by atomic mass is 10.0. The van der Waals surface area contributed by atoms with E-state index >= 15 is 26.3 Å². The lowest BCUT2D eigenvalue weighted by molar-refractivity contribution is 0.356. The molecule has 0 atom stereocenters. The highest BCUT2D eigenvalue weighted by Gasteiger charge is 2.36. The van der Waals surface area contributed by atoms with Crippen LogP contribution in [0.25, 0.3) is 11.1 Å². The van der Waals surface area contributed by atoms with Gasteiger partial charge in [0.25, 0.3) is 10.1 Å². The predicted molar refractivity (Wildman–Crippen MR) is 162 cm³/mol. The van der Waals surface area contributed by atoms with Crippen LogP contribution in [-0.4, -0.2) is 13.0 Å². The molecule has 0 saturated heterocycles. The third-order valence-corrected chi connectivity index (χ3v) is 7.65. The molecule has 0 unspecified atom stereocenters. The lowest BCUT2D eigenvalue weighted by Gasteiger charge is -2.17. The van der Waals surface area contributed by atoms with E-state index in [1.54, 1.807) is 13.0 Å². The van der Waals surface area contributed by atoms with E-state index < -0.39 is 95.7 Å². The van der Waals surface area contributed by atoms with Crippen LogP contribution in [0.3, 0.4) is 0 Å². The number of terminal acetylenes is 2. The van der Waals surface area contributed by atoms with E-state index in [1.807, 2.05) is 0 Å². The van der Waals surface area contributed by atoms with Gasteiger partial charge in [0.05, 0.1) is 11.1 Å². The maximum atomic E-state index is 15.3. The first-order chi connectivity index (χ1) is 23.5. The first-order valence-corrected chi connectivity index (χ1v) is 15.0. The Morgan fingerprint density at radius 1 is 0.580 bits per heavy atom. The summed E-state index contributed by atoms with van der Waals surface area (Å²) in [6.45, 7) is 1.67. The van der Waals surface area contributed by atoms with E-state index in [-0.39, 0.29) is 17.1 Å². The van der Waals surface area contributed by atoms with Gasteiger partial charge in [0.15, 0.2) is 23.3 Å². The number of hydrogen-bond acceptors (Lipinski definition) is 5. The molecule has 0 heterocycles. The summed E-state index contributed by atoms with van der Waals surface area (Å²) in [4.78, 5) is -1.21. The van der Waals surface area contributed by atoms with Crippen molar-refractivity contribution >= 4 is 10.1 Å². The Kier molecular flexibility index (Phi) is 9.50. The van der Waals surface area contributed by atoms with Gasteiger partial charge in [-0.05, 0) is 61.0 Å². The smallest absolute Gasteiger partial charge is 0.298 e. The van der Waals surface area contributed by atoms with Crippen LogP contribution in [-0.2, 0) is 10.1 Å². The highest BCUT2D eigenvalue weighted by Crippen LogP contribution is 2.44. The molecule has 0 aromatic heterocycles. The van der Waals surface area contributed by atoms with Gasteiger partial charge in [-0.25, -0.2) is 17.6 Å². The summed E-state index contributed by atoms with van der Waals surface area (Å²) in [6.07, 6.45) is 10.6. The van der Waals surface area contributed by atoms with Crippen molar-refractivity contribution in [2.24, 2.45) is 0 Å². The Bertz CT molecular complexity index is 2360. The fraction of sp³-hybridized carbons (Fsp3) is 0.0286. The highest BCUT2D eigenvalue weighted by molar-refractivity contribution is 7.86. The molecular weight excluding hydrogens is 700 g/mol. The number of hydrogen-bond donors (Lipinski definition) is 1. The van der Waals surface area contributed by atoms with Crippen LogP contribution in [0.15, 0.2) is 65.6 Å². The highest BCUT2D eigenvalue weighted by atomic mass is 32.2. The maximum Gasteiger partial charge on any atom is 0.298 e. The van der Waals surface area contributed by atoms with Gasteiger partial charge in [0, 0.05) is 17.2 Å². The molecule has 0 amide bonds. The van der Waals surface area contributed by atoms with Crippen LogP contribution in [0.5, 0.6) is 34.5 Å². The van der Waals surface area contributed by atoms with E-state index in [1.165, 1.54) is 24.3 Å². The minimum Gasteiger partial charge on any atom is -0.457 e. The summed E-state index contributed by atoms with van der Waals surface area (Å²) in [5.74, 6) is -20.8. The van der Waals surface area contributed by atoms with E-state index in [4.69, 9.17) is 27.1 Å². The molecule has 0 aliphatic carbocycles. The quantitative estimate of drug-likeness (QED) is 0.0746. The monoisotopic (exact) mass is 716 g/mol. The molecule has 0 radical (unpaired) electrons. The molecule has 0 aliphatic rings. The van der Waals surface area contributed by atoms with Crippen LogP contribution in [0.4, 0.5) is 35.1 Å². The minimum atomic E-state index is -5.31. The molecule has 1 N–H and O–H groups in total. The fourth-order valence-corrected chi connectivity index (χ4v) is 5.21. The number of benzene rings is 5. The van der Waals surface area contributed by atoms with Crippen LogP contribution in [0.1, 0.15) is 16.7 Å². The first kappa shape index (κ1) is 35.3. The van der Waals surface area contributed by atoms with Gasteiger partial charge in [-0.2, -0.15) is 26.0 Å². The zero-order valence-electron chi connectivity index (χ0n) is 24.8. The Hall–Kier alpha value is -6.03. The van der Waals surface area contributed by atoms with Gasteiger partial charge in [-0.1, -0.05) is 17.9 Å². The van der Waals surface area contributed by atoms with Crippen LogP contribution >= 0.6 is 0 Å². The summed E-state index contributed by atoms with van der Waals surface area (Å²) in [5.41, 5.74) is -3.27. The number of rotatable bonds is 8. The first-order valence-electron chi connectivity index (χ1n) is 13.6. The van der Waals surface area contributed by atoms with E-state index in [9.17, 15) is 21.8 Å². The van der Waals surface area contributed by atoms with Crippen molar-refractivity contribution in [3.05, 3.63) is 124 Å². The van der Waals surface area contributed by atoms with Crippen molar-refractivity contribution in [2.45, 2.75) is 11.8 Å². The summed E-state index contributed by atoms with van der Waals surface area (Å²) < 4.78 is 171. The SMILES string of the molecule is C#Cc1cc(C)cc(Oc2ccc(Oc3c(F)c(F)c(-c4c(F)c(F)c(Oc5cccc(C#C)c5)c(F)c4F)c(F)c3F)c(S(=O)(=O)O)c2)c1. The number of halogens is 8. The molecule has 0 aliphatic heterocycles. The van der Waals surface area contributed by atoms with Crippen LogP contribution in [0.2, 0.25) is 0 Å². The second-order valence-electron chi connectivity index (χ2n) is 10.2. The van der Waals surface area contributed by atoms with Crippen molar-refractivity contribution in [2.75, 3.05) is 0 Å². The average Bonchev–Trinajstić information content (AvgIpc) is 3.08. The summed E-state index contributed by atoms with van der Waals surface area (Å²) >= 11 is 0. The third-order valence-electron chi connectivity index (χ3n) is 6.78. The molecular formula is C35H16F8O6S. The molecule has 15 heteroatoms. The predicted octanol–water partition coefficient (Wildman–Crippen LogP) is 9.36. The zero-order chi connectivity index (χ0) is 36.7. The number of aryl methyl sites for hydroxylation is 1. The molecule has 0 fully saturated rings. The fourth-order valence-electron chi connectivity index (χ4n) is 4.58. The molecule has 6 nitrogen and oxygen atoms in total. The molecule has 50 heavy (non-hydrogen) atoms. The topological polar surface area (TPSA) is 82.1 Å². The number of ether oxygens (including phenoxy) is 3. The van der Waals surface area contributed by atoms with Crippen molar-refractivity contribution in [3.63, 3.8) is 0 Å². The third kappa shape index (κ3) is 6.64. The van der Waals surface area contributed by atoms with Gasteiger partial charge in [0.1, 0.15) is 27.9 Å². The van der Waals surface area contributed by atoms with Gasteiger partial charge in [-0.15, -0.1) is 12.8 Å². The van der Waals surface area contributed by atoms with Gasteiger partial charge in [0.2, 0.25) is 34.8 Å². The second-order valence-corrected chi connectivity index (χ2v) is 11.6. The largest absolute Gasteiger partial charge is 0.457 e. The van der Waals surface area contributed by atoms with Crippen molar-refractivity contribution in [1.29, 1.82) is 0 Å². The van der Waals surface area contributed by atoms with Gasteiger partial charge >= 0.3 is 0 Å². The molecule has 5 aromatic carbocycles. The van der Waals surface area contributed by atoms with Crippen molar-refractivity contribution in [3.8, 4) is 70.3 Å². The van der Waals surface area contributed by atoms with E-state index in [0.717, 1.165) is 18.2 Å². The molecule has 5 rings (SSSR count). The van der Waals surface area contributed by atoms with Gasteiger partial charge in [-0.3, -0.25) is 4.55 Å². The lowest BCUT2D eigenvalue weighted by Crippen LogP contribution is -2.10. The molecule has 5 aromatic rings. The normalized spacial score (nSPS) is 11.1. The molecule has 0 bridgehead atoms. The Labute approximate surface area is 278 Å². The maximum absolute atomic E-state index is 15.3. The Morgan fingerprint density at radius 3 is 1.60 bits per heavy atom. The second kappa shape index (κ2) is 13.5. The van der Waals surface area contributed by atoms with Crippen LogP contribution in [0, 0.1) is 78.1 Å². The summed E-state index contributed by atoms with van der Waals surface area (Å²) in [7, 11) is -5.31. The molecule has 0 saturated carbocycles. The van der Waals surface area contributed by atoms with E-state index in [0.29, 0.717) is 23.3 Å². The molecule has 0 spiro atoms. The zero-order valence-corrected chi connectivity index (χ0v) is 25.7. The standard InChI is InChI=1S/C35H16F8O6S/c1-4-17-7-6-8-19(13-17)48-34-30(40)26(36)24(27(37)31(34)41)25-28(38)32(42)35(33(43)29(25)39)49-22-10-9-20(15-23(22)50(44,45)46)47-21-12-16(3)11-18(5-2)14-21/h1-2,6-15H,3H3,(H,44,45,46). The van der Waals surface area contributed by atoms with Crippen LogP contribution < -0.4 is 14.2 Å². The minimum absolute atomic E-state index is 0.106. The van der Waals surface area contributed by atoms with Gasteiger partial charge < -0.3 is 14.2 Å². The van der Waals surface area contributed by atoms with Crippen molar-refractivity contribution < 1.29 is 62.3 Å². The Balaban J connectivity index is 1.57. The summed E-state index contributed by atoms with van der Waals surface area (Å²) in [6, 6.07) is 11.6. The van der Waals surface area contributed by atoms with E-state index in [2.05, 4.69) is 11.8 Å².